The van der Waals surface area contributed by atoms with E-state index in [1.807, 2.05) is 13.0 Å². The number of hydrogen-bond acceptors (Lipinski definition) is 5. The molecule has 1 heterocycles. The number of amidine groups is 1. The number of aliphatic imine (C=N–C) groups is 1. The predicted molar refractivity (Wildman–Crippen MR) is 108 cm³/mol. The van der Waals surface area contributed by atoms with Gasteiger partial charge < -0.3 is 15.4 Å². The number of amides is 2. The van der Waals surface area contributed by atoms with E-state index in [1.54, 1.807) is 18.2 Å². The third kappa shape index (κ3) is 5.32. The van der Waals surface area contributed by atoms with Crippen molar-refractivity contribution >= 4 is 40.1 Å². The van der Waals surface area contributed by atoms with Crippen molar-refractivity contribution in [3.63, 3.8) is 0 Å². The fourth-order valence-corrected chi connectivity index (χ4v) is 3.49. The van der Waals surface area contributed by atoms with Crippen LogP contribution in [-0.2, 0) is 9.59 Å². The lowest BCUT2D eigenvalue weighted by molar-refractivity contribution is -0.122. The molecule has 1 aliphatic heterocycles. The first-order valence-electron chi connectivity index (χ1n) is 8.88. The van der Waals surface area contributed by atoms with Crippen LogP contribution in [0.15, 0.2) is 53.5 Å². The molecule has 0 saturated carbocycles. The molecule has 3 rings (SSSR count). The zero-order chi connectivity index (χ0) is 19.9. The predicted octanol–water partition coefficient (Wildman–Crippen LogP) is 3.86. The van der Waals surface area contributed by atoms with Crippen molar-refractivity contribution in [1.82, 2.24) is 5.32 Å². The standard InChI is InChI=1S/C20H20FN3O3S/c1-2-11-27-16-6-4-3-5-15(16)23-18(25)12-17-19(26)24-20(28-17)22-14-9-7-13(21)8-10-14/h3-10,17H,2,11-12H2,1H3,(H,23,25)(H,22,24,26)/t17-/m1/s1. The third-order valence-corrected chi connectivity index (χ3v) is 4.91. The molecule has 6 nitrogen and oxygen atoms in total. The first-order valence-corrected chi connectivity index (χ1v) is 9.76. The molecule has 2 N–H and O–H groups in total. The van der Waals surface area contributed by atoms with Crippen LogP contribution >= 0.6 is 11.8 Å². The van der Waals surface area contributed by atoms with Crippen molar-refractivity contribution in [3.05, 3.63) is 54.3 Å². The maximum atomic E-state index is 13.0. The molecule has 0 aliphatic carbocycles. The van der Waals surface area contributed by atoms with Gasteiger partial charge in [0.15, 0.2) is 5.17 Å². The van der Waals surface area contributed by atoms with Crippen LogP contribution in [-0.4, -0.2) is 28.8 Å². The number of hydrogen-bond donors (Lipinski definition) is 2. The lowest BCUT2D eigenvalue weighted by Gasteiger charge is -2.12. The minimum atomic E-state index is -0.581. The number of nitrogens with zero attached hydrogens (tertiary/aromatic N) is 1. The molecule has 0 aromatic heterocycles. The van der Waals surface area contributed by atoms with Gasteiger partial charge in [-0.2, -0.15) is 0 Å². The molecule has 1 saturated heterocycles. The number of ether oxygens (including phenoxy) is 1. The zero-order valence-electron chi connectivity index (χ0n) is 15.3. The SMILES string of the molecule is CCCOc1ccccc1NC(=O)C[C@H]1SC(=Nc2ccc(F)cc2)NC1=O. The summed E-state index contributed by atoms with van der Waals surface area (Å²) in [5.41, 5.74) is 1.10. The number of halogens is 1. The van der Waals surface area contributed by atoms with Crippen LogP contribution in [0.4, 0.5) is 15.8 Å². The molecule has 1 atom stereocenters. The van der Waals surface area contributed by atoms with E-state index in [0.29, 0.717) is 28.9 Å². The molecule has 1 fully saturated rings. The van der Waals surface area contributed by atoms with Gasteiger partial charge in [-0.15, -0.1) is 0 Å². The molecule has 0 radical (unpaired) electrons. The highest BCUT2D eigenvalue weighted by Gasteiger charge is 2.32. The second-order valence-corrected chi connectivity index (χ2v) is 7.28. The Labute approximate surface area is 166 Å². The first kappa shape index (κ1) is 19.9. The van der Waals surface area contributed by atoms with Gasteiger partial charge in [0.1, 0.15) is 16.8 Å². The van der Waals surface area contributed by atoms with Gasteiger partial charge in [-0.3, -0.25) is 9.59 Å². The minimum Gasteiger partial charge on any atom is -0.491 e. The molecule has 2 amide bonds. The Kier molecular flexibility index (Phi) is 6.65. The van der Waals surface area contributed by atoms with Gasteiger partial charge in [0.05, 0.1) is 18.0 Å². The number of carbonyl (C=O) groups excluding carboxylic acids is 2. The van der Waals surface area contributed by atoms with Crippen LogP contribution in [0.1, 0.15) is 19.8 Å². The summed E-state index contributed by atoms with van der Waals surface area (Å²) in [6, 6.07) is 12.8. The quantitative estimate of drug-likeness (QED) is 0.738. The highest BCUT2D eigenvalue weighted by atomic mass is 32.2. The topological polar surface area (TPSA) is 79.8 Å². The van der Waals surface area contributed by atoms with Crippen LogP contribution in [0.2, 0.25) is 0 Å². The van der Waals surface area contributed by atoms with Gasteiger partial charge in [0.25, 0.3) is 0 Å². The van der Waals surface area contributed by atoms with Gasteiger partial charge in [-0.1, -0.05) is 30.8 Å². The third-order valence-electron chi connectivity index (χ3n) is 3.83. The number of anilines is 1. The number of carbonyl (C=O) groups is 2. The van der Waals surface area contributed by atoms with Crippen LogP contribution in [0.5, 0.6) is 5.75 Å². The maximum absolute atomic E-state index is 13.0. The summed E-state index contributed by atoms with van der Waals surface area (Å²) in [7, 11) is 0. The Morgan fingerprint density at radius 1 is 1.25 bits per heavy atom. The van der Waals surface area contributed by atoms with Gasteiger partial charge in [0, 0.05) is 6.42 Å². The highest BCUT2D eigenvalue weighted by Crippen LogP contribution is 2.27. The lowest BCUT2D eigenvalue weighted by atomic mass is 10.2. The van der Waals surface area contributed by atoms with Crippen LogP contribution in [0, 0.1) is 5.82 Å². The molecule has 0 unspecified atom stereocenters. The average molecular weight is 401 g/mol. The Morgan fingerprint density at radius 2 is 2.00 bits per heavy atom. The Balaban J connectivity index is 1.60. The Bertz CT molecular complexity index is 887. The summed E-state index contributed by atoms with van der Waals surface area (Å²) in [5, 5.41) is 5.26. The number of thioether (sulfide) groups is 1. The second-order valence-electron chi connectivity index (χ2n) is 6.09. The zero-order valence-corrected chi connectivity index (χ0v) is 16.1. The fourth-order valence-electron chi connectivity index (χ4n) is 2.50. The van der Waals surface area contributed by atoms with E-state index in [4.69, 9.17) is 4.74 Å². The lowest BCUT2D eigenvalue weighted by Crippen LogP contribution is -2.28. The summed E-state index contributed by atoms with van der Waals surface area (Å²) >= 11 is 1.18. The first-order chi connectivity index (χ1) is 13.5. The monoisotopic (exact) mass is 401 g/mol. The molecule has 0 spiro atoms. The molecule has 8 heteroatoms. The number of para-hydroxylation sites is 2. The number of nitrogens with one attached hydrogen (secondary N) is 2. The second kappa shape index (κ2) is 9.36. The number of rotatable bonds is 7. The molecule has 146 valence electrons. The summed E-state index contributed by atoms with van der Waals surface area (Å²) in [6.07, 6.45) is 0.860. The van der Waals surface area contributed by atoms with E-state index in [9.17, 15) is 14.0 Å². The largest absolute Gasteiger partial charge is 0.491 e. The summed E-state index contributed by atoms with van der Waals surface area (Å²) in [4.78, 5) is 28.8. The van der Waals surface area contributed by atoms with Crippen molar-refractivity contribution in [3.8, 4) is 5.75 Å². The molecule has 1 aliphatic rings. The van der Waals surface area contributed by atoms with Gasteiger partial charge in [-0.05, 0) is 42.8 Å². The maximum Gasteiger partial charge on any atom is 0.240 e. The molecule has 2 aromatic rings. The van der Waals surface area contributed by atoms with Gasteiger partial charge >= 0.3 is 0 Å². The van der Waals surface area contributed by atoms with Crippen LogP contribution in [0.25, 0.3) is 0 Å². The van der Waals surface area contributed by atoms with E-state index >= 15 is 0 Å². The van der Waals surface area contributed by atoms with Crippen LogP contribution < -0.4 is 15.4 Å². The Morgan fingerprint density at radius 3 is 2.75 bits per heavy atom. The highest BCUT2D eigenvalue weighted by molar-refractivity contribution is 8.15. The normalized spacial score (nSPS) is 17.4. The number of benzene rings is 2. The van der Waals surface area contributed by atoms with Crippen molar-refractivity contribution in [2.45, 2.75) is 25.0 Å². The van der Waals surface area contributed by atoms with E-state index in [1.165, 1.54) is 36.0 Å². The van der Waals surface area contributed by atoms with Crippen molar-refractivity contribution in [2.75, 3.05) is 11.9 Å². The molecule has 0 bridgehead atoms. The molecule has 28 heavy (non-hydrogen) atoms. The summed E-state index contributed by atoms with van der Waals surface area (Å²) in [5.74, 6) is -0.329. The molecular formula is C20H20FN3O3S. The van der Waals surface area contributed by atoms with Crippen LogP contribution in [0.3, 0.4) is 0 Å². The van der Waals surface area contributed by atoms with E-state index in [0.717, 1.165) is 6.42 Å². The minimum absolute atomic E-state index is 0.00104. The van der Waals surface area contributed by atoms with Gasteiger partial charge in [-0.25, -0.2) is 9.38 Å². The van der Waals surface area contributed by atoms with E-state index < -0.39 is 5.25 Å². The summed E-state index contributed by atoms with van der Waals surface area (Å²) < 4.78 is 18.6. The Hall–Kier alpha value is -2.87. The van der Waals surface area contributed by atoms with E-state index in [2.05, 4.69) is 15.6 Å². The van der Waals surface area contributed by atoms with E-state index in [-0.39, 0.29) is 24.1 Å². The van der Waals surface area contributed by atoms with Gasteiger partial charge in [0.2, 0.25) is 11.8 Å². The molecular weight excluding hydrogens is 381 g/mol. The van der Waals surface area contributed by atoms with Crippen molar-refractivity contribution in [2.24, 2.45) is 4.99 Å². The van der Waals surface area contributed by atoms with Crippen molar-refractivity contribution in [1.29, 1.82) is 0 Å². The summed E-state index contributed by atoms with van der Waals surface area (Å²) in [6.45, 7) is 2.55. The van der Waals surface area contributed by atoms with Crippen molar-refractivity contribution < 1.29 is 18.7 Å². The smallest absolute Gasteiger partial charge is 0.240 e. The fraction of sp³-hybridized carbons (Fsp3) is 0.250. The average Bonchev–Trinajstić information content (AvgIpc) is 3.01. The molecule has 2 aromatic carbocycles.